The number of benzene rings is 1. The van der Waals surface area contributed by atoms with Crippen LogP contribution < -0.4 is 9.64 Å². The summed E-state index contributed by atoms with van der Waals surface area (Å²) in [6, 6.07) is 5.26. The zero-order chi connectivity index (χ0) is 15.4. The van der Waals surface area contributed by atoms with E-state index in [0.717, 1.165) is 16.4 Å². The maximum atomic E-state index is 10.8. The number of thioether (sulfide) groups is 1. The molecule has 1 N–H and O–H groups in total. The number of halogens is 2. The molecule has 0 atom stereocenters. The van der Waals surface area contributed by atoms with Crippen LogP contribution in [0.15, 0.2) is 33.9 Å². The van der Waals surface area contributed by atoms with E-state index >= 15 is 0 Å². The number of hydrogen-bond acceptors (Lipinski definition) is 5. The summed E-state index contributed by atoms with van der Waals surface area (Å²) in [6.07, 6.45) is 1.88. The van der Waals surface area contributed by atoms with Crippen molar-refractivity contribution >= 4 is 56.1 Å². The summed E-state index contributed by atoms with van der Waals surface area (Å²) in [4.78, 5) is 16.9. The molecule has 0 aliphatic carbocycles. The summed E-state index contributed by atoms with van der Waals surface area (Å²) in [5, 5.41) is 9.93. The Hall–Kier alpha value is -1.18. The van der Waals surface area contributed by atoms with Gasteiger partial charge in [-0.2, -0.15) is 0 Å². The molecule has 112 valence electrons. The minimum Gasteiger partial charge on any atom is -0.497 e. The zero-order valence-corrected chi connectivity index (χ0v) is 14.2. The Bertz CT molecular complexity index is 621. The molecule has 1 aromatic rings. The van der Waals surface area contributed by atoms with Gasteiger partial charge in [0.15, 0.2) is 5.17 Å². The lowest BCUT2D eigenvalue weighted by Gasteiger charge is -2.28. The summed E-state index contributed by atoms with van der Waals surface area (Å²) >= 11 is 10.9. The second-order valence-electron chi connectivity index (χ2n) is 3.99. The molecule has 0 saturated heterocycles. The first kappa shape index (κ1) is 16.2. The maximum absolute atomic E-state index is 10.8. The number of nitrogens with zero attached hydrogens (tertiary/aromatic N) is 2. The molecule has 2 rings (SSSR count). The van der Waals surface area contributed by atoms with Gasteiger partial charge in [-0.25, -0.2) is 0 Å². The van der Waals surface area contributed by atoms with Crippen LogP contribution in [0.2, 0.25) is 5.02 Å². The van der Waals surface area contributed by atoms with Crippen LogP contribution in [0.4, 0.5) is 5.69 Å². The molecule has 0 fully saturated rings. The third-order valence-electron chi connectivity index (χ3n) is 2.61. The van der Waals surface area contributed by atoms with Gasteiger partial charge in [-0.1, -0.05) is 23.4 Å². The fourth-order valence-corrected chi connectivity index (χ4v) is 3.27. The van der Waals surface area contributed by atoms with Crippen molar-refractivity contribution in [2.75, 3.05) is 24.3 Å². The van der Waals surface area contributed by atoms with E-state index in [1.54, 1.807) is 30.2 Å². The largest absolute Gasteiger partial charge is 0.497 e. The van der Waals surface area contributed by atoms with Crippen LogP contribution in [-0.2, 0) is 4.79 Å². The molecule has 0 radical (unpaired) electrons. The van der Waals surface area contributed by atoms with Crippen molar-refractivity contribution in [2.45, 2.75) is 0 Å². The second kappa shape index (κ2) is 7.20. The quantitative estimate of drug-likeness (QED) is 0.795. The molecule has 1 aliphatic heterocycles. The highest BCUT2D eigenvalue weighted by Crippen LogP contribution is 2.36. The third kappa shape index (κ3) is 3.93. The molecule has 1 aliphatic rings. The topological polar surface area (TPSA) is 62.1 Å². The first-order chi connectivity index (χ1) is 10.0. The predicted molar refractivity (Wildman–Crippen MR) is 89.9 cm³/mol. The second-order valence-corrected chi connectivity index (χ2v) is 6.15. The van der Waals surface area contributed by atoms with Gasteiger partial charge in [0.05, 0.1) is 34.7 Å². The van der Waals surface area contributed by atoms with Gasteiger partial charge in [0, 0.05) is 6.07 Å². The van der Waals surface area contributed by atoms with E-state index in [0.29, 0.717) is 28.2 Å². The monoisotopic (exact) mass is 390 g/mol. The molecular weight excluding hydrogens is 380 g/mol. The number of carboxylic acid groups (broad SMARTS) is 1. The lowest BCUT2D eigenvalue weighted by atomic mass is 10.2. The van der Waals surface area contributed by atoms with Gasteiger partial charge in [0.1, 0.15) is 5.75 Å². The number of carboxylic acids is 1. The molecule has 0 unspecified atom stereocenters. The van der Waals surface area contributed by atoms with Crippen LogP contribution in [0.25, 0.3) is 0 Å². The standard InChI is InChI=1S/C13H12BrClN2O3S/c1-20-8-2-3-9(15)10(6-8)17-11(14)4-5-16-13(17)21-7-12(18)19/h2-4,6H,5,7H2,1H3,(H,18,19). The first-order valence-electron chi connectivity index (χ1n) is 5.91. The maximum Gasteiger partial charge on any atom is 0.313 e. The Kier molecular flexibility index (Phi) is 5.55. The lowest BCUT2D eigenvalue weighted by molar-refractivity contribution is -0.133. The summed E-state index contributed by atoms with van der Waals surface area (Å²) in [5.74, 6) is -0.315. The minimum atomic E-state index is -0.898. The number of aliphatic imine (C=N–C) groups is 1. The molecule has 0 saturated carbocycles. The first-order valence-corrected chi connectivity index (χ1v) is 8.07. The Morgan fingerprint density at radius 1 is 1.62 bits per heavy atom. The van der Waals surface area contributed by atoms with E-state index < -0.39 is 5.97 Å². The van der Waals surface area contributed by atoms with Crippen molar-refractivity contribution in [3.8, 4) is 5.75 Å². The average molecular weight is 392 g/mol. The van der Waals surface area contributed by atoms with Crippen LogP contribution in [-0.4, -0.2) is 35.7 Å². The number of hydrogen-bond donors (Lipinski definition) is 1. The third-order valence-corrected chi connectivity index (χ3v) is 4.57. The lowest BCUT2D eigenvalue weighted by Crippen LogP contribution is -2.29. The fourth-order valence-electron chi connectivity index (χ4n) is 1.70. The number of ether oxygens (including phenoxy) is 1. The van der Waals surface area contributed by atoms with E-state index in [1.165, 1.54) is 0 Å². The number of rotatable bonds is 4. The van der Waals surface area contributed by atoms with Gasteiger partial charge in [-0.05, 0) is 34.1 Å². The van der Waals surface area contributed by atoms with Gasteiger partial charge < -0.3 is 9.84 Å². The van der Waals surface area contributed by atoms with Crippen molar-refractivity contribution in [1.29, 1.82) is 0 Å². The van der Waals surface area contributed by atoms with Crippen molar-refractivity contribution in [2.24, 2.45) is 4.99 Å². The Morgan fingerprint density at radius 3 is 3.05 bits per heavy atom. The smallest absolute Gasteiger partial charge is 0.313 e. The Morgan fingerprint density at radius 2 is 2.38 bits per heavy atom. The zero-order valence-electron chi connectivity index (χ0n) is 11.0. The van der Waals surface area contributed by atoms with E-state index in [2.05, 4.69) is 20.9 Å². The van der Waals surface area contributed by atoms with Crippen LogP contribution >= 0.6 is 39.3 Å². The normalized spacial score (nSPS) is 14.5. The minimum absolute atomic E-state index is 0.0722. The molecule has 21 heavy (non-hydrogen) atoms. The van der Waals surface area contributed by atoms with E-state index in [4.69, 9.17) is 21.4 Å². The van der Waals surface area contributed by atoms with E-state index in [9.17, 15) is 4.79 Å². The fraction of sp³-hybridized carbons (Fsp3) is 0.231. The van der Waals surface area contributed by atoms with Gasteiger partial charge in [-0.3, -0.25) is 14.7 Å². The van der Waals surface area contributed by atoms with E-state index in [1.807, 2.05) is 6.08 Å². The Balaban J connectivity index is 2.37. The average Bonchev–Trinajstić information content (AvgIpc) is 2.46. The van der Waals surface area contributed by atoms with Gasteiger partial charge in [0.25, 0.3) is 0 Å². The SMILES string of the molecule is COc1ccc(Cl)c(N2C(Br)=CCN=C2SCC(=O)O)c1. The van der Waals surface area contributed by atoms with Crippen molar-refractivity contribution in [3.05, 3.63) is 33.9 Å². The predicted octanol–water partition coefficient (Wildman–Crippen LogP) is 3.58. The summed E-state index contributed by atoms with van der Waals surface area (Å²) < 4.78 is 5.97. The van der Waals surface area contributed by atoms with Crippen LogP contribution in [0.3, 0.4) is 0 Å². The molecule has 5 nitrogen and oxygen atoms in total. The molecule has 0 aromatic heterocycles. The molecule has 0 bridgehead atoms. The highest BCUT2D eigenvalue weighted by Gasteiger charge is 2.23. The van der Waals surface area contributed by atoms with Crippen LogP contribution in [0.1, 0.15) is 0 Å². The number of amidine groups is 1. The molecule has 0 spiro atoms. The number of carbonyl (C=O) groups is 1. The molecule has 1 aromatic carbocycles. The summed E-state index contributed by atoms with van der Waals surface area (Å²) in [6.45, 7) is 0.487. The summed E-state index contributed by atoms with van der Waals surface area (Å²) in [7, 11) is 1.57. The number of anilines is 1. The molecule has 1 heterocycles. The molecule has 8 heteroatoms. The van der Waals surface area contributed by atoms with Gasteiger partial charge >= 0.3 is 5.97 Å². The van der Waals surface area contributed by atoms with Crippen molar-refractivity contribution in [1.82, 2.24) is 0 Å². The van der Waals surface area contributed by atoms with Crippen molar-refractivity contribution < 1.29 is 14.6 Å². The highest BCUT2D eigenvalue weighted by atomic mass is 79.9. The van der Waals surface area contributed by atoms with E-state index in [-0.39, 0.29) is 5.75 Å². The van der Waals surface area contributed by atoms with Crippen LogP contribution in [0, 0.1) is 0 Å². The summed E-state index contributed by atoms with van der Waals surface area (Å²) in [5.41, 5.74) is 0.676. The number of aliphatic carboxylic acids is 1. The Labute approximate surface area is 139 Å². The van der Waals surface area contributed by atoms with Gasteiger partial charge in [0.2, 0.25) is 0 Å². The van der Waals surface area contributed by atoms with Crippen LogP contribution in [0.5, 0.6) is 5.75 Å². The van der Waals surface area contributed by atoms with Crippen molar-refractivity contribution in [3.63, 3.8) is 0 Å². The molecule has 0 amide bonds. The highest BCUT2D eigenvalue weighted by molar-refractivity contribution is 9.11. The number of methoxy groups -OCH3 is 1. The van der Waals surface area contributed by atoms with Gasteiger partial charge in [-0.15, -0.1) is 0 Å². The molecular formula is C13H12BrClN2O3S.